The number of hydrogen-bond acceptors (Lipinski definition) is 1. The Morgan fingerprint density at radius 2 is 0.850 bits per heavy atom. The van der Waals surface area contributed by atoms with Gasteiger partial charge in [0.25, 0.3) is 0 Å². The van der Waals surface area contributed by atoms with Gasteiger partial charge in [-0.25, -0.2) is 0 Å². The summed E-state index contributed by atoms with van der Waals surface area (Å²) in [4.78, 5) is 0. The van der Waals surface area contributed by atoms with Crippen LogP contribution in [-0.2, 0) is 5.41 Å². The summed E-state index contributed by atoms with van der Waals surface area (Å²) in [6, 6.07) is 72.0. The van der Waals surface area contributed by atoms with E-state index in [1.807, 2.05) is 6.07 Å². The van der Waals surface area contributed by atoms with E-state index in [-0.39, 0.29) is 5.41 Å². The second kappa shape index (κ2) is 12.3. The van der Waals surface area contributed by atoms with E-state index >= 15 is 0 Å². The summed E-state index contributed by atoms with van der Waals surface area (Å²) in [7, 11) is 0. The molecule has 0 N–H and O–H groups in total. The van der Waals surface area contributed by atoms with E-state index in [0.29, 0.717) is 0 Å². The number of para-hydroxylation sites is 1. The Balaban J connectivity index is 1.01. The van der Waals surface area contributed by atoms with Gasteiger partial charge in [-0.05, 0) is 134 Å². The lowest BCUT2D eigenvalue weighted by molar-refractivity contribution is 0.661. The molecule has 280 valence electrons. The molecule has 0 aliphatic heterocycles. The summed E-state index contributed by atoms with van der Waals surface area (Å²) >= 11 is 0. The molecule has 11 aromatic carbocycles. The van der Waals surface area contributed by atoms with Crippen LogP contribution in [0.2, 0.25) is 0 Å². The number of fused-ring (bicyclic) bond motifs is 12. The number of hydrogen-bond donors (Lipinski definition) is 0. The van der Waals surface area contributed by atoms with Crippen LogP contribution in [0.1, 0.15) is 25.0 Å². The molecule has 1 aliphatic rings. The van der Waals surface area contributed by atoms with Crippen LogP contribution in [0.4, 0.5) is 0 Å². The minimum absolute atomic E-state index is 0.170. The predicted octanol–water partition coefficient (Wildman–Crippen LogP) is 16.7. The molecule has 0 atom stereocenters. The maximum Gasteiger partial charge on any atom is 0.136 e. The van der Waals surface area contributed by atoms with Gasteiger partial charge < -0.3 is 4.42 Å². The topological polar surface area (TPSA) is 13.1 Å². The second-order valence-corrected chi connectivity index (χ2v) is 17.1. The van der Waals surface area contributed by atoms with Crippen LogP contribution in [0, 0.1) is 0 Å². The first-order chi connectivity index (χ1) is 29.5. The van der Waals surface area contributed by atoms with E-state index in [0.717, 1.165) is 16.6 Å². The Bertz CT molecular complexity index is 3740. The van der Waals surface area contributed by atoms with Crippen molar-refractivity contribution in [1.29, 1.82) is 0 Å². The molecule has 0 saturated heterocycles. The van der Waals surface area contributed by atoms with E-state index in [9.17, 15) is 0 Å². The summed E-state index contributed by atoms with van der Waals surface area (Å²) in [5.41, 5.74) is 14.6. The minimum atomic E-state index is -0.170. The Morgan fingerprint density at radius 1 is 0.300 bits per heavy atom. The summed E-state index contributed by atoms with van der Waals surface area (Å²) in [6.45, 7) is 4.76. The molecule has 0 spiro atoms. The number of rotatable bonds is 3. The van der Waals surface area contributed by atoms with Crippen LogP contribution >= 0.6 is 0 Å². The lowest BCUT2D eigenvalue weighted by Gasteiger charge is -2.23. The van der Waals surface area contributed by atoms with E-state index < -0.39 is 0 Å². The highest BCUT2D eigenvalue weighted by molar-refractivity contribution is 6.26. The summed E-state index contributed by atoms with van der Waals surface area (Å²) in [5.74, 6) is 0. The van der Waals surface area contributed by atoms with Crippen LogP contribution in [0.5, 0.6) is 0 Å². The average Bonchev–Trinajstić information content (AvgIpc) is 3.77. The van der Waals surface area contributed by atoms with Crippen LogP contribution in [0.25, 0.3) is 120 Å². The van der Waals surface area contributed by atoms with Crippen LogP contribution in [0.15, 0.2) is 199 Å². The largest absolute Gasteiger partial charge is 0.456 e. The molecule has 1 heterocycles. The number of benzene rings is 11. The van der Waals surface area contributed by atoms with Crippen molar-refractivity contribution in [3.63, 3.8) is 0 Å². The van der Waals surface area contributed by atoms with Crippen molar-refractivity contribution in [3.05, 3.63) is 205 Å². The third-order valence-corrected chi connectivity index (χ3v) is 13.6. The Hall–Kier alpha value is -7.48. The van der Waals surface area contributed by atoms with E-state index in [1.54, 1.807) is 0 Å². The van der Waals surface area contributed by atoms with Crippen molar-refractivity contribution in [2.45, 2.75) is 19.3 Å². The van der Waals surface area contributed by atoms with Crippen molar-refractivity contribution in [3.8, 4) is 44.5 Å². The molecule has 12 aromatic rings. The molecule has 0 fully saturated rings. The molecule has 0 saturated carbocycles. The molecule has 13 rings (SSSR count). The molecule has 0 amide bonds. The average molecular weight is 763 g/mol. The zero-order valence-corrected chi connectivity index (χ0v) is 33.4. The zero-order valence-electron chi connectivity index (χ0n) is 33.4. The fourth-order valence-electron chi connectivity index (χ4n) is 10.9. The SMILES string of the molecule is CC1(C)c2cc(-c3ccc(-c4c5ccccc5c(-c5cccc6ccccc56)c5ccccc45)c4ccccc34)ccc2-c2c1ccc1cc3c(cc21)oc1ccccc13. The Labute approximate surface area is 347 Å². The maximum absolute atomic E-state index is 6.41. The molecular weight excluding hydrogens is 725 g/mol. The third kappa shape index (κ3) is 4.58. The fraction of sp³-hybridized carbons (Fsp3) is 0.0508. The highest BCUT2D eigenvalue weighted by Gasteiger charge is 2.37. The molecule has 0 bridgehead atoms. The van der Waals surface area contributed by atoms with Crippen LogP contribution in [-0.4, -0.2) is 0 Å². The second-order valence-electron chi connectivity index (χ2n) is 17.1. The normalized spacial score (nSPS) is 13.3. The van der Waals surface area contributed by atoms with Gasteiger partial charge >= 0.3 is 0 Å². The first-order valence-corrected chi connectivity index (χ1v) is 21.0. The molecule has 1 nitrogen and oxygen atoms in total. The van der Waals surface area contributed by atoms with Gasteiger partial charge in [-0.3, -0.25) is 0 Å². The first-order valence-electron chi connectivity index (χ1n) is 21.0. The van der Waals surface area contributed by atoms with E-state index in [2.05, 4.69) is 202 Å². The lowest BCUT2D eigenvalue weighted by atomic mass is 9.80. The predicted molar refractivity (Wildman–Crippen MR) is 255 cm³/mol. The van der Waals surface area contributed by atoms with Gasteiger partial charge in [-0.2, -0.15) is 0 Å². The standard InChI is InChI=1S/C59H38O/c1-59(2)52-31-27-36-32-51-42-19-11-12-25-54(42)60-55(51)34-50(36)58(52)49-28-26-37(33-53(49)59)39-29-30-48(41-18-6-5-17-40(39)41)57-46-22-9-7-20-44(46)56(45-21-8-10-23-47(45)57)43-24-13-15-35-14-3-4-16-38(35)43/h3-34H,1-2H3. The molecule has 60 heavy (non-hydrogen) atoms. The molecule has 0 radical (unpaired) electrons. The zero-order chi connectivity index (χ0) is 39.7. The van der Waals surface area contributed by atoms with Gasteiger partial charge in [0.05, 0.1) is 0 Å². The van der Waals surface area contributed by atoms with Crippen LogP contribution < -0.4 is 0 Å². The number of furan rings is 1. The van der Waals surface area contributed by atoms with Crippen LogP contribution in [0.3, 0.4) is 0 Å². The third-order valence-electron chi connectivity index (χ3n) is 13.6. The quantitative estimate of drug-likeness (QED) is 0.163. The van der Waals surface area contributed by atoms with Gasteiger partial charge in [-0.1, -0.05) is 184 Å². The van der Waals surface area contributed by atoms with Gasteiger partial charge in [-0.15, -0.1) is 0 Å². The summed E-state index contributed by atoms with van der Waals surface area (Å²) in [5, 5.41) is 14.9. The van der Waals surface area contributed by atoms with Crippen molar-refractivity contribution in [2.24, 2.45) is 0 Å². The van der Waals surface area contributed by atoms with Gasteiger partial charge in [0.1, 0.15) is 11.2 Å². The van der Waals surface area contributed by atoms with Gasteiger partial charge in [0, 0.05) is 16.2 Å². The highest BCUT2D eigenvalue weighted by Crippen LogP contribution is 2.54. The molecule has 1 heteroatoms. The first kappa shape index (κ1) is 33.5. The Kier molecular flexibility index (Phi) is 6.85. The molecular formula is C59H38O. The van der Waals surface area contributed by atoms with Crippen molar-refractivity contribution >= 4 is 75.8 Å². The molecule has 0 unspecified atom stereocenters. The summed E-state index contributed by atoms with van der Waals surface area (Å²) in [6.07, 6.45) is 0. The van der Waals surface area contributed by atoms with E-state index in [1.165, 1.54) is 115 Å². The summed E-state index contributed by atoms with van der Waals surface area (Å²) < 4.78 is 6.41. The van der Waals surface area contributed by atoms with Crippen molar-refractivity contribution in [2.75, 3.05) is 0 Å². The lowest BCUT2D eigenvalue weighted by Crippen LogP contribution is -2.15. The van der Waals surface area contributed by atoms with Crippen molar-refractivity contribution in [1.82, 2.24) is 0 Å². The minimum Gasteiger partial charge on any atom is -0.456 e. The monoisotopic (exact) mass is 762 g/mol. The Morgan fingerprint density at radius 3 is 1.57 bits per heavy atom. The van der Waals surface area contributed by atoms with Gasteiger partial charge in [0.15, 0.2) is 0 Å². The van der Waals surface area contributed by atoms with E-state index in [4.69, 9.17) is 4.42 Å². The maximum atomic E-state index is 6.41. The molecule has 1 aromatic heterocycles. The van der Waals surface area contributed by atoms with Gasteiger partial charge in [0.2, 0.25) is 0 Å². The highest BCUT2D eigenvalue weighted by atomic mass is 16.3. The van der Waals surface area contributed by atoms with Crippen molar-refractivity contribution < 1.29 is 4.42 Å². The fourth-order valence-corrected chi connectivity index (χ4v) is 10.9. The molecule has 1 aliphatic carbocycles. The smallest absolute Gasteiger partial charge is 0.136 e.